The minimum Gasteiger partial charge on any atom is -0.456 e. The molecule has 2 heterocycles. The average Bonchev–Trinajstić information content (AvgIpc) is 3.59. The number of nitrogens with zero attached hydrogens (tertiary/aromatic N) is 3. The van der Waals surface area contributed by atoms with E-state index in [0.717, 1.165) is 55.3 Å². The van der Waals surface area contributed by atoms with Crippen LogP contribution in [-0.4, -0.2) is 15.0 Å². The molecule has 0 atom stereocenters. The lowest BCUT2D eigenvalue weighted by Crippen LogP contribution is -2.00. The van der Waals surface area contributed by atoms with Gasteiger partial charge >= 0.3 is 0 Å². The number of hydrogen-bond donors (Lipinski definition) is 0. The molecule has 51 heavy (non-hydrogen) atoms. The summed E-state index contributed by atoms with van der Waals surface area (Å²) in [5, 5.41) is 6.93. The van der Waals surface area contributed by atoms with Crippen LogP contribution in [0.4, 0.5) is 0 Å². The van der Waals surface area contributed by atoms with Gasteiger partial charge in [-0.1, -0.05) is 146 Å². The minimum atomic E-state index is 0.596. The number of aromatic nitrogens is 3. The van der Waals surface area contributed by atoms with Gasteiger partial charge in [0.2, 0.25) is 0 Å². The largest absolute Gasteiger partial charge is 0.456 e. The SMILES string of the molecule is c1ccc(-c2cccc(-c3nc(-c4ccccc4)nc(-c4cccc5oc6ccc(-c7cc8ccccc8c8ccccc78)cc6c45)n3)c2)cc1. The van der Waals surface area contributed by atoms with Crippen molar-refractivity contribution in [1.82, 2.24) is 15.0 Å². The van der Waals surface area contributed by atoms with E-state index in [9.17, 15) is 0 Å². The van der Waals surface area contributed by atoms with Crippen LogP contribution in [0.15, 0.2) is 180 Å². The first-order valence-electron chi connectivity index (χ1n) is 17.1. The van der Waals surface area contributed by atoms with Crippen LogP contribution in [0.25, 0.3) is 99.9 Å². The fraction of sp³-hybridized carbons (Fsp3) is 0. The van der Waals surface area contributed by atoms with Crippen molar-refractivity contribution in [3.63, 3.8) is 0 Å². The van der Waals surface area contributed by atoms with E-state index in [1.807, 2.05) is 48.5 Å². The van der Waals surface area contributed by atoms with Crippen molar-refractivity contribution in [1.29, 1.82) is 0 Å². The van der Waals surface area contributed by atoms with Crippen LogP contribution < -0.4 is 0 Å². The second-order valence-corrected chi connectivity index (χ2v) is 12.8. The van der Waals surface area contributed by atoms with Crippen LogP contribution in [-0.2, 0) is 0 Å². The van der Waals surface area contributed by atoms with Crippen LogP contribution in [0.2, 0.25) is 0 Å². The fourth-order valence-corrected chi connectivity index (χ4v) is 7.28. The Morgan fingerprint density at radius 3 is 1.76 bits per heavy atom. The van der Waals surface area contributed by atoms with Crippen molar-refractivity contribution in [2.45, 2.75) is 0 Å². The lowest BCUT2D eigenvalue weighted by Gasteiger charge is -2.12. The number of benzene rings is 8. The lowest BCUT2D eigenvalue weighted by atomic mass is 9.92. The molecule has 0 saturated carbocycles. The molecule has 0 spiro atoms. The van der Waals surface area contributed by atoms with Gasteiger partial charge in [0.1, 0.15) is 11.2 Å². The summed E-state index contributed by atoms with van der Waals surface area (Å²) >= 11 is 0. The molecule has 0 bridgehead atoms. The second-order valence-electron chi connectivity index (χ2n) is 12.8. The van der Waals surface area contributed by atoms with Gasteiger partial charge in [-0.3, -0.25) is 0 Å². The summed E-state index contributed by atoms with van der Waals surface area (Å²) in [4.78, 5) is 15.3. The number of fused-ring (bicyclic) bond motifs is 6. The lowest BCUT2D eigenvalue weighted by molar-refractivity contribution is 0.669. The summed E-state index contributed by atoms with van der Waals surface area (Å²) < 4.78 is 6.49. The Kier molecular flexibility index (Phi) is 6.78. The molecule has 4 nitrogen and oxygen atoms in total. The Balaban J connectivity index is 1.19. The third kappa shape index (κ3) is 5.04. The molecule has 0 saturated heterocycles. The van der Waals surface area contributed by atoms with E-state index in [-0.39, 0.29) is 0 Å². The van der Waals surface area contributed by atoms with Gasteiger partial charge in [0.15, 0.2) is 17.5 Å². The quantitative estimate of drug-likeness (QED) is 0.174. The molecule has 0 amide bonds. The van der Waals surface area contributed by atoms with Gasteiger partial charge < -0.3 is 4.42 Å². The maximum atomic E-state index is 6.49. The Hall–Kier alpha value is -6.91. The Morgan fingerprint density at radius 1 is 0.314 bits per heavy atom. The molecule has 10 aromatic rings. The zero-order chi connectivity index (χ0) is 33.7. The first-order chi connectivity index (χ1) is 25.3. The topological polar surface area (TPSA) is 51.8 Å². The molecule has 0 unspecified atom stereocenters. The minimum absolute atomic E-state index is 0.596. The third-order valence-electron chi connectivity index (χ3n) is 9.71. The normalized spacial score (nSPS) is 11.5. The monoisotopic (exact) mass is 651 g/mol. The van der Waals surface area contributed by atoms with Gasteiger partial charge in [-0.25, -0.2) is 15.0 Å². The molecule has 4 heteroatoms. The molecule has 0 aliphatic carbocycles. The van der Waals surface area contributed by atoms with Gasteiger partial charge in [0, 0.05) is 27.5 Å². The molecule has 0 radical (unpaired) electrons. The molecule has 2 aromatic heterocycles. The molecule has 0 aliphatic heterocycles. The molecule has 8 aromatic carbocycles. The first-order valence-corrected chi connectivity index (χ1v) is 17.1. The Bertz CT molecular complexity index is 2910. The van der Waals surface area contributed by atoms with Crippen molar-refractivity contribution in [2.75, 3.05) is 0 Å². The van der Waals surface area contributed by atoms with Crippen molar-refractivity contribution in [3.8, 4) is 56.4 Å². The van der Waals surface area contributed by atoms with E-state index in [1.54, 1.807) is 0 Å². The zero-order valence-corrected chi connectivity index (χ0v) is 27.5. The summed E-state index contributed by atoms with van der Waals surface area (Å²) in [6.07, 6.45) is 0. The van der Waals surface area contributed by atoms with E-state index in [4.69, 9.17) is 19.4 Å². The molecule has 238 valence electrons. The number of rotatable bonds is 5. The van der Waals surface area contributed by atoms with Crippen molar-refractivity contribution < 1.29 is 4.42 Å². The third-order valence-corrected chi connectivity index (χ3v) is 9.71. The molecule has 10 rings (SSSR count). The standard InChI is InChI=1S/C47H29N3O/c1-3-13-30(14-4-1)32-18-11-19-35(27-32)46-48-45(31-15-5-2-6-16-31)49-47(50-46)39-23-12-24-43-44(39)41-29-34(25-26-42(41)51-43)40-28-33-17-7-8-20-36(33)37-21-9-10-22-38(37)40/h1-29H. The van der Waals surface area contributed by atoms with Crippen LogP contribution in [0.1, 0.15) is 0 Å². The summed E-state index contributed by atoms with van der Waals surface area (Å²) in [6, 6.07) is 61.1. The fourth-order valence-electron chi connectivity index (χ4n) is 7.28. The first kappa shape index (κ1) is 29.0. The Morgan fingerprint density at radius 2 is 0.941 bits per heavy atom. The predicted molar refractivity (Wildman–Crippen MR) is 209 cm³/mol. The maximum Gasteiger partial charge on any atom is 0.164 e. The summed E-state index contributed by atoms with van der Waals surface area (Å²) in [7, 11) is 0. The van der Waals surface area contributed by atoms with Crippen LogP contribution in [0, 0.1) is 0 Å². The highest BCUT2D eigenvalue weighted by Crippen LogP contribution is 2.41. The van der Waals surface area contributed by atoms with Crippen molar-refractivity contribution >= 4 is 43.5 Å². The highest BCUT2D eigenvalue weighted by molar-refractivity contribution is 6.16. The van der Waals surface area contributed by atoms with Crippen LogP contribution >= 0.6 is 0 Å². The summed E-state index contributed by atoms with van der Waals surface area (Å²) in [6.45, 7) is 0. The summed E-state index contributed by atoms with van der Waals surface area (Å²) in [5.74, 6) is 1.83. The molecular weight excluding hydrogens is 623 g/mol. The molecule has 0 aliphatic rings. The zero-order valence-electron chi connectivity index (χ0n) is 27.5. The van der Waals surface area contributed by atoms with Gasteiger partial charge in [-0.05, 0) is 74.1 Å². The van der Waals surface area contributed by atoms with Crippen LogP contribution in [0.5, 0.6) is 0 Å². The molecule has 0 N–H and O–H groups in total. The average molecular weight is 652 g/mol. The van der Waals surface area contributed by atoms with Gasteiger partial charge in [0.05, 0.1) is 0 Å². The predicted octanol–water partition coefficient (Wildman–Crippen LogP) is 12.4. The molecule has 0 fully saturated rings. The van der Waals surface area contributed by atoms with Crippen molar-refractivity contribution in [2.24, 2.45) is 0 Å². The summed E-state index contributed by atoms with van der Waals surface area (Å²) in [5.41, 5.74) is 8.91. The smallest absolute Gasteiger partial charge is 0.164 e. The van der Waals surface area contributed by atoms with E-state index in [1.165, 1.54) is 27.1 Å². The van der Waals surface area contributed by atoms with Crippen LogP contribution in [0.3, 0.4) is 0 Å². The second kappa shape index (κ2) is 11.9. The maximum absolute atomic E-state index is 6.49. The van der Waals surface area contributed by atoms with Gasteiger partial charge in [-0.15, -0.1) is 0 Å². The van der Waals surface area contributed by atoms with E-state index in [2.05, 4.69) is 127 Å². The van der Waals surface area contributed by atoms with E-state index >= 15 is 0 Å². The highest BCUT2D eigenvalue weighted by Gasteiger charge is 2.19. The van der Waals surface area contributed by atoms with E-state index in [0.29, 0.717) is 17.5 Å². The van der Waals surface area contributed by atoms with E-state index < -0.39 is 0 Å². The van der Waals surface area contributed by atoms with Gasteiger partial charge in [-0.2, -0.15) is 0 Å². The Labute approximate surface area is 294 Å². The van der Waals surface area contributed by atoms with Gasteiger partial charge in [0.25, 0.3) is 0 Å². The molecular formula is C47H29N3O. The number of hydrogen-bond acceptors (Lipinski definition) is 4. The highest BCUT2D eigenvalue weighted by atomic mass is 16.3. The van der Waals surface area contributed by atoms with Crippen molar-refractivity contribution in [3.05, 3.63) is 176 Å². The number of furan rings is 1.